The Kier molecular flexibility index (Phi) is 4.88. The summed E-state index contributed by atoms with van der Waals surface area (Å²) >= 11 is 0. The molecule has 1 aromatic carbocycles. The van der Waals surface area contributed by atoms with E-state index in [4.69, 9.17) is 4.74 Å². The Labute approximate surface area is 141 Å². The van der Waals surface area contributed by atoms with E-state index in [1.54, 1.807) is 4.90 Å². The lowest BCUT2D eigenvalue weighted by Gasteiger charge is -2.38. The lowest BCUT2D eigenvalue weighted by atomic mass is 9.72. The van der Waals surface area contributed by atoms with Crippen LogP contribution in [-0.4, -0.2) is 62.7 Å². The molecule has 2 saturated heterocycles. The number of likely N-dealkylation sites (tertiary alicyclic amines) is 1. The van der Waals surface area contributed by atoms with Gasteiger partial charge in [0.1, 0.15) is 11.6 Å². The third-order valence-electron chi connectivity index (χ3n) is 5.34. The number of amides is 1. The first kappa shape index (κ1) is 17.3. The first-order chi connectivity index (χ1) is 11.4. The fourth-order valence-electron chi connectivity index (χ4n) is 4.06. The molecule has 0 saturated carbocycles. The minimum atomic E-state index is -0.794. The largest absolute Gasteiger partial charge is 0.381 e. The van der Waals surface area contributed by atoms with Gasteiger partial charge >= 0.3 is 0 Å². The molecule has 4 nitrogen and oxygen atoms in total. The topological polar surface area (TPSA) is 32.8 Å². The van der Waals surface area contributed by atoms with E-state index >= 15 is 0 Å². The van der Waals surface area contributed by atoms with Crippen molar-refractivity contribution in [1.82, 2.24) is 9.80 Å². The molecule has 6 heteroatoms. The standard InChI is InChI=1S/C18H24F2N2O2/c1-21(2)10-13-11-22(12-18(13)5-7-24-8-6-18)17(23)15-4-3-14(19)9-16(15)20/h3-4,9,13H,5-8,10-12H2,1-2H3. The first-order valence-corrected chi connectivity index (χ1v) is 8.38. The predicted molar refractivity (Wildman–Crippen MR) is 86.8 cm³/mol. The van der Waals surface area contributed by atoms with Gasteiger partial charge in [0.15, 0.2) is 0 Å². The normalized spacial score (nSPS) is 23.2. The summed E-state index contributed by atoms with van der Waals surface area (Å²) < 4.78 is 32.6. The summed E-state index contributed by atoms with van der Waals surface area (Å²) in [5, 5.41) is 0. The molecule has 1 unspecified atom stereocenters. The monoisotopic (exact) mass is 338 g/mol. The molecule has 3 rings (SSSR count). The molecule has 1 aromatic rings. The lowest BCUT2D eigenvalue weighted by molar-refractivity contribution is -0.00453. The third kappa shape index (κ3) is 3.30. The van der Waals surface area contributed by atoms with Gasteiger partial charge in [0, 0.05) is 38.9 Å². The summed E-state index contributed by atoms with van der Waals surface area (Å²) in [6, 6.07) is 3.14. The average molecular weight is 338 g/mol. The van der Waals surface area contributed by atoms with Crippen LogP contribution in [0.2, 0.25) is 0 Å². The van der Waals surface area contributed by atoms with Crippen molar-refractivity contribution in [2.24, 2.45) is 11.3 Å². The number of halogens is 2. The quantitative estimate of drug-likeness (QED) is 0.848. The molecule has 0 N–H and O–H groups in total. The van der Waals surface area contributed by atoms with Crippen LogP contribution in [0.15, 0.2) is 18.2 Å². The van der Waals surface area contributed by atoms with Crippen molar-refractivity contribution >= 4 is 5.91 Å². The van der Waals surface area contributed by atoms with Crippen molar-refractivity contribution in [3.8, 4) is 0 Å². The summed E-state index contributed by atoms with van der Waals surface area (Å²) in [5.74, 6) is -1.47. The Morgan fingerprint density at radius 3 is 2.67 bits per heavy atom. The number of carbonyl (C=O) groups excluding carboxylic acids is 1. The molecule has 0 radical (unpaired) electrons. The van der Waals surface area contributed by atoms with Gasteiger partial charge in [-0.1, -0.05) is 0 Å². The Morgan fingerprint density at radius 1 is 1.33 bits per heavy atom. The first-order valence-electron chi connectivity index (χ1n) is 8.38. The van der Waals surface area contributed by atoms with Gasteiger partial charge in [0.05, 0.1) is 5.56 Å². The molecule has 0 bridgehead atoms. The van der Waals surface area contributed by atoms with Gasteiger partial charge in [0.2, 0.25) is 0 Å². The zero-order chi connectivity index (χ0) is 17.3. The zero-order valence-corrected chi connectivity index (χ0v) is 14.2. The van der Waals surface area contributed by atoms with Crippen LogP contribution in [0.3, 0.4) is 0 Å². The molecular formula is C18H24F2N2O2. The highest BCUT2D eigenvalue weighted by Gasteiger charge is 2.48. The van der Waals surface area contributed by atoms with E-state index in [0.29, 0.717) is 32.2 Å². The van der Waals surface area contributed by atoms with Gasteiger partial charge in [-0.05, 0) is 50.4 Å². The lowest BCUT2D eigenvalue weighted by Crippen LogP contribution is -2.40. The van der Waals surface area contributed by atoms with Crippen molar-refractivity contribution < 1.29 is 18.3 Å². The van der Waals surface area contributed by atoms with E-state index < -0.39 is 11.6 Å². The van der Waals surface area contributed by atoms with Crippen LogP contribution in [0.25, 0.3) is 0 Å². The number of hydrogen-bond acceptors (Lipinski definition) is 3. The number of nitrogens with zero attached hydrogens (tertiary/aromatic N) is 2. The Bertz CT molecular complexity index is 615. The second-order valence-electron chi connectivity index (χ2n) is 7.24. The molecule has 0 aromatic heterocycles. The van der Waals surface area contributed by atoms with Crippen LogP contribution >= 0.6 is 0 Å². The number of benzene rings is 1. The molecular weight excluding hydrogens is 314 g/mol. The van der Waals surface area contributed by atoms with Crippen LogP contribution in [0.4, 0.5) is 8.78 Å². The number of carbonyl (C=O) groups is 1. The zero-order valence-electron chi connectivity index (χ0n) is 14.2. The molecule has 1 amide bonds. The molecule has 1 spiro atoms. The number of ether oxygens (including phenoxy) is 1. The molecule has 132 valence electrons. The highest BCUT2D eigenvalue weighted by Crippen LogP contribution is 2.44. The maximum Gasteiger partial charge on any atom is 0.256 e. The maximum atomic E-state index is 14.0. The predicted octanol–water partition coefficient (Wildman–Crippen LogP) is 2.40. The smallest absolute Gasteiger partial charge is 0.256 e. The van der Waals surface area contributed by atoms with Crippen molar-refractivity contribution in [1.29, 1.82) is 0 Å². The van der Waals surface area contributed by atoms with Crippen LogP contribution in [0.5, 0.6) is 0 Å². The molecule has 2 fully saturated rings. The van der Waals surface area contributed by atoms with E-state index in [1.807, 2.05) is 14.1 Å². The van der Waals surface area contributed by atoms with Gasteiger partial charge in [0.25, 0.3) is 5.91 Å². The molecule has 24 heavy (non-hydrogen) atoms. The maximum absolute atomic E-state index is 14.0. The van der Waals surface area contributed by atoms with Gasteiger partial charge in [-0.2, -0.15) is 0 Å². The molecule has 2 heterocycles. The molecule has 2 aliphatic rings. The van der Waals surface area contributed by atoms with Crippen molar-refractivity contribution in [3.63, 3.8) is 0 Å². The van der Waals surface area contributed by atoms with E-state index in [0.717, 1.165) is 31.5 Å². The summed E-state index contributed by atoms with van der Waals surface area (Å²) in [6.45, 7) is 3.52. The van der Waals surface area contributed by atoms with Crippen molar-refractivity contribution in [2.45, 2.75) is 12.8 Å². The van der Waals surface area contributed by atoms with Crippen LogP contribution < -0.4 is 0 Å². The second kappa shape index (κ2) is 6.76. The van der Waals surface area contributed by atoms with E-state index in [9.17, 15) is 13.6 Å². The SMILES string of the molecule is CN(C)CC1CN(C(=O)c2ccc(F)cc2F)CC12CCOCC2. The van der Waals surface area contributed by atoms with E-state index in [-0.39, 0.29) is 16.9 Å². The van der Waals surface area contributed by atoms with Crippen LogP contribution in [0, 0.1) is 23.0 Å². The summed E-state index contributed by atoms with van der Waals surface area (Å²) in [5.41, 5.74) is -0.0154. The van der Waals surface area contributed by atoms with Crippen LogP contribution in [0.1, 0.15) is 23.2 Å². The summed E-state index contributed by atoms with van der Waals surface area (Å²) in [6.07, 6.45) is 1.84. The van der Waals surface area contributed by atoms with Gasteiger partial charge in [-0.15, -0.1) is 0 Å². The second-order valence-corrected chi connectivity index (χ2v) is 7.24. The number of hydrogen-bond donors (Lipinski definition) is 0. The third-order valence-corrected chi connectivity index (χ3v) is 5.34. The molecule has 0 aliphatic carbocycles. The van der Waals surface area contributed by atoms with Gasteiger partial charge in [-0.25, -0.2) is 8.78 Å². The Balaban J connectivity index is 1.82. The summed E-state index contributed by atoms with van der Waals surface area (Å²) in [4.78, 5) is 16.6. The van der Waals surface area contributed by atoms with Crippen LogP contribution in [-0.2, 0) is 4.74 Å². The minimum absolute atomic E-state index is 0.0364. The molecule has 2 aliphatic heterocycles. The van der Waals surface area contributed by atoms with Crippen molar-refractivity contribution in [3.05, 3.63) is 35.4 Å². The molecule has 1 atom stereocenters. The minimum Gasteiger partial charge on any atom is -0.381 e. The Morgan fingerprint density at radius 2 is 2.04 bits per heavy atom. The summed E-state index contributed by atoms with van der Waals surface area (Å²) in [7, 11) is 4.05. The van der Waals surface area contributed by atoms with E-state index in [1.165, 1.54) is 6.07 Å². The average Bonchev–Trinajstić information content (AvgIpc) is 2.85. The van der Waals surface area contributed by atoms with Gasteiger partial charge in [-0.3, -0.25) is 4.79 Å². The number of rotatable bonds is 3. The highest BCUT2D eigenvalue weighted by molar-refractivity contribution is 5.94. The highest BCUT2D eigenvalue weighted by atomic mass is 19.1. The Hall–Kier alpha value is -1.53. The fourth-order valence-corrected chi connectivity index (χ4v) is 4.06. The van der Waals surface area contributed by atoms with E-state index in [2.05, 4.69) is 4.90 Å². The van der Waals surface area contributed by atoms with Crippen molar-refractivity contribution in [2.75, 3.05) is 46.9 Å². The fraction of sp³-hybridized carbons (Fsp3) is 0.611. The van der Waals surface area contributed by atoms with Gasteiger partial charge < -0.3 is 14.5 Å².